The van der Waals surface area contributed by atoms with Gasteiger partial charge in [-0.05, 0) is 49.2 Å². The van der Waals surface area contributed by atoms with Crippen LogP contribution in [0.25, 0.3) is 10.9 Å². The van der Waals surface area contributed by atoms with Crippen molar-refractivity contribution in [3.63, 3.8) is 0 Å². The zero-order valence-corrected chi connectivity index (χ0v) is 16.2. The number of aromatic nitrogens is 1. The average molecular weight is 393 g/mol. The van der Waals surface area contributed by atoms with Gasteiger partial charge < -0.3 is 15.0 Å². The number of ether oxygens (including phenoxy) is 1. The van der Waals surface area contributed by atoms with Crippen LogP contribution in [0, 0.1) is 5.82 Å². The minimum absolute atomic E-state index is 0.175. The molecule has 2 aromatic carbocycles. The molecule has 1 aliphatic heterocycles. The van der Waals surface area contributed by atoms with Crippen LogP contribution in [-0.4, -0.2) is 30.6 Å². The van der Waals surface area contributed by atoms with Crippen LogP contribution >= 0.6 is 0 Å². The fraction of sp³-hybridized carbons (Fsp3) is 0.304. The molecule has 0 unspecified atom stereocenters. The van der Waals surface area contributed by atoms with Crippen LogP contribution in [-0.2, 0) is 4.79 Å². The standard InChI is InChI=1S/C23H24FN3O2/c24-18-8-6-9-19(15-18)25-22(28)16-29-20-10-5-7-17-11-12-21(26-23(17)20)27-13-3-1-2-4-14-27/h5-12,15H,1-4,13-14,16H2,(H,25,28). The van der Waals surface area contributed by atoms with Crippen LogP contribution in [0.2, 0.25) is 0 Å². The van der Waals surface area contributed by atoms with E-state index >= 15 is 0 Å². The van der Waals surface area contributed by atoms with E-state index in [1.807, 2.05) is 30.3 Å². The lowest BCUT2D eigenvalue weighted by atomic mass is 10.2. The number of carbonyl (C=O) groups is 1. The molecule has 4 rings (SSSR count). The number of para-hydroxylation sites is 1. The summed E-state index contributed by atoms with van der Waals surface area (Å²) < 4.78 is 19.0. The number of fused-ring (bicyclic) bond motifs is 1. The highest BCUT2D eigenvalue weighted by Gasteiger charge is 2.14. The van der Waals surface area contributed by atoms with Gasteiger partial charge in [0.05, 0.1) is 0 Å². The third kappa shape index (κ3) is 4.83. The van der Waals surface area contributed by atoms with E-state index in [2.05, 4.69) is 10.2 Å². The third-order valence-electron chi connectivity index (χ3n) is 5.07. The molecular formula is C23H24FN3O2. The summed E-state index contributed by atoms with van der Waals surface area (Å²) in [6.45, 7) is 1.85. The van der Waals surface area contributed by atoms with Gasteiger partial charge in [0.25, 0.3) is 5.91 Å². The van der Waals surface area contributed by atoms with Crippen molar-refractivity contribution in [2.75, 3.05) is 29.9 Å². The number of rotatable bonds is 5. The Kier molecular flexibility index (Phi) is 5.89. The number of anilines is 2. The molecule has 1 aromatic heterocycles. The van der Waals surface area contributed by atoms with E-state index in [4.69, 9.17) is 9.72 Å². The molecule has 1 amide bonds. The van der Waals surface area contributed by atoms with E-state index in [1.165, 1.54) is 37.8 Å². The maximum Gasteiger partial charge on any atom is 0.262 e. The van der Waals surface area contributed by atoms with Crippen molar-refractivity contribution in [3.8, 4) is 5.75 Å². The fourth-order valence-electron chi connectivity index (χ4n) is 3.61. The molecule has 6 heteroatoms. The summed E-state index contributed by atoms with van der Waals surface area (Å²) in [5, 5.41) is 3.60. The van der Waals surface area contributed by atoms with Crippen LogP contribution in [0.3, 0.4) is 0 Å². The first-order valence-corrected chi connectivity index (χ1v) is 10.0. The number of nitrogens with zero attached hydrogens (tertiary/aromatic N) is 2. The summed E-state index contributed by atoms with van der Waals surface area (Å²) in [6.07, 6.45) is 4.88. The second kappa shape index (κ2) is 8.90. The van der Waals surface area contributed by atoms with Gasteiger partial charge in [-0.25, -0.2) is 9.37 Å². The molecule has 0 saturated carbocycles. The van der Waals surface area contributed by atoms with E-state index in [9.17, 15) is 9.18 Å². The lowest BCUT2D eigenvalue weighted by Crippen LogP contribution is -2.24. The summed E-state index contributed by atoms with van der Waals surface area (Å²) in [7, 11) is 0. The maximum absolute atomic E-state index is 13.3. The first-order valence-electron chi connectivity index (χ1n) is 10.0. The van der Waals surface area contributed by atoms with E-state index in [-0.39, 0.29) is 12.5 Å². The zero-order valence-electron chi connectivity index (χ0n) is 16.2. The van der Waals surface area contributed by atoms with Crippen LogP contribution < -0.4 is 15.0 Å². The molecule has 0 spiro atoms. The Hall–Kier alpha value is -3.15. The lowest BCUT2D eigenvalue weighted by Gasteiger charge is -2.22. The second-order valence-electron chi connectivity index (χ2n) is 7.25. The number of amides is 1. The van der Waals surface area contributed by atoms with Crippen molar-refractivity contribution in [3.05, 3.63) is 60.4 Å². The molecule has 0 aliphatic carbocycles. The van der Waals surface area contributed by atoms with Gasteiger partial charge in [0.1, 0.15) is 22.9 Å². The number of hydrogen-bond acceptors (Lipinski definition) is 4. The van der Waals surface area contributed by atoms with Crippen molar-refractivity contribution >= 4 is 28.3 Å². The molecule has 1 fully saturated rings. The van der Waals surface area contributed by atoms with Crippen molar-refractivity contribution in [1.29, 1.82) is 0 Å². The number of hydrogen-bond donors (Lipinski definition) is 1. The van der Waals surface area contributed by atoms with Gasteiger partial charge in [0, 0.05) is 24.2 Å². The topological polar surface area (TPSA) is 54.5 Å². The monoisotopic (exact) mass is 393 g/mol. The average Bonchev–Trinajstić information content (AvgIpc) is 3.01. The Labute approximate surface area is 169 Å². The molecule has 29 heavy (non-hydrogen) atoms. The third-order valence-corrected chi connectivity index (χ3v) is 5.07. The first kappa shape index (κ1) is 19.2. The molecule has 1 N–H and O–H groups in total. The van der Waals surface area contributed by atoms with E-state index in [0.29, 0.717) is 11.4 Å². The molecule has 0 atom stereocenters. The zero-order chi connectivity index (χ0) is 20.1. The van der Waals surface area contributed by atoms with Gasteiger partial charge in [-0.3, -0.25) is 4.79 Å². The number of pyridine rings is 1. The Morgan fingerprint density at radius 2 is 1.83 bits per heavy atom. The quantitative estimate of drug-likeness (QED) is 0.678. The molecule has 5 nitrogen and oxygen atoms in total. The summed E-state index contributed by atoms with van der Waals surface area (Å²) >= 11 is 0. The van der Waals surface area contributed by atoms with E-state index in [1.54, 1.807) is 12.1 Å². The van der Waals surface area contributed by atoms with Crippen molar-refractivity contribution in [2.45, 2.75) is 25.7 Å². The van der Waals surface area contributed by atoms with Gasteiger partial charge >= 0.3 is 0 Å². The fourth-order valence-corrected chi connectivity index (χ4v) is 3.61. The SMILES string of the molecule is O=C(COc1cccc2ccc(N3CCCCCC3)nc12)Nc1cccc(F)c1. The molecule has 3 aromatic rings. The van der Waals surface area contributed by atoms with Gasteiger partial charge in [-0.2, -0.15) is 0 Å². The van der Waals surface area contributed by atoms with E-state index in [0.717, 1.165) is 29.8 Å². The summed E-state index contributed by atoms with van der Waals surface area (Å²) in [5.41, 5.74) is 1.14. The predicted octanol–water partition coefficient (Wildman–Crippen LogP) is 4.77. The minimum atomic E-state index is -0.400. The van der Waals surface area contributed by atoms with Crippen LogP contribution in [0.4, 0.5) is 15.9 Å². The smallest absolute Gasteiger partial charge is 0.262 e. The van der Waals surface area contributed by atoms with Crippen LogP contribution in [0.15, 0.2) is 54.6 Å². The first-order chi connectivity index (χ1) is 14.2. The Morgan fingerprint density at radius 1 is 1.03 bits per heavy atom. The summed E-state index contributed by atoms with van der Waals surface area (Å²) in [5.74, 6) is 0.757. The normalized spacial score (nSPS) is 14.4. The lowest BCUT2D eigenvalue weighted by molar-refractivity contribution is -0.118. The molecule has 0 bridgehead atoms. The van der Waals surface area contributed by atoms with Crippen molar-refractivity contribution in [2.24, 2.45) is 0 Å². The highest BCUT2D eigenvalue weighted by atomic mass is 19.1. The Morgan fingerprint density at radius 3 is 2.62 bits per heavy atom. The second-order valence-corrected chi connectivity index (χ2v) is 7.25. The number of halogens is 1. The largest absolute Gasteiger partial charge is 0.481 e. The Balaban J connectivity index is 1.49. The maximum atomic E-state index is 13.3. The number of carbonyl (C=O) groups excluding carboxylic acids is 1. The summed E-state index contributed by atoms with van der Waals surface area (Å²) in [6, 6.07) is 15.6. The highest BCUT2D eigenvalue weighted by Crippen LogP contribution is 2.27. The van der Waals surface area contributed by atoms with Crippen LogP contribution in [0.5, 0.6) is 5.75 Å². The minimum Gasteiger partial charge on any atom is -0.481 e. The molecule has 0 radical (unpaired) electrons. The molecule has 2 heterocycles. The molecule has 1 aliphatic rings. The Bertz CT molecular complexity index is 1000. The van der Waals surface area contributed by atoms with Crippen molar-refractivity contribution in [1.82, 2.24) is 4.98 Å². The van der Waals surface area contributed by atoms with Crippen molar-refractivity contribution < 1.29 is 13.9 Å². The predicted molar refractivity (Wildman–Crippen MR) is 113 cm³/mol. The van der Waals surface area contributed by atoms with E-state index < -0.39 is 5.82 Å². The van der Waals surface area contributed by atoms with Gasteiger partial charge in [0.15, 0.2) is 6.61 Å². The highest BCUT2D eigenvalue weighted by molar-refractivity contribution is 5.92. The van der Waals surface area contributed by atoms with Gasteiger partial charge in [0.2, 0.25) is 0 Å². The molecule has 1 saturated heterocycles. The molecular weight excluding hydrogens is 369 g/mol. The van der Waals surface area contributed by atoms with Gasteiger partial charge in [-0.1, -0.05) is 31.0 Å². The van der Waals surface area contributed by atoms with Gasteiger partial charge in [-0.15, -0.1) is 0 Å². The molecule has 150 valence electrons. The number of benzene rings is 2. The number of nitrogens with one attached hydrogen (secondary N) is 1. The summed E-state index contributed by atoms with van der Waals surface area (Å²) in [4.78, 5) is 19.4. The van der Waals surface area contributed by atoms with Crippen LogP contribution in [0.1, 0.15) is 25.7 Å².